The first-order chi connectivity index (χ1) is 14.5. The van der Waals surface area contributed by atoms with Crippen molar-refractivity contribution in [3.8, 4) is 0 Å². The Hall–Kier alpha value is -3.74. The predicted molar refractivity (Wildman–Crippen MR) is 124 cm³/mol. The van der Waals surface area contributed by atoms with Gasteiger partial charge in [-0.1, -0.05) is 24.3 Å². The van der Waals surface area contributed by atoms with Gasteiger partial charge in [0, 0.05) is 24.5 Å². The molecule has 0 fully saturated rings. The standard InChI is InChI=1S/C23H25N7/c1-14-18-6-5-7-19(24-18)15(2)28-30(4)21-13-11-17-9-8-16-10-12-20(29(3)27-14)25-22(16)23(17)26-21/h5-13,18,24-26H,1-4H3. The van der Waals surface area contributed by atoms with Gasteiger partial charge in [-0.3, -0.25) is 10.0 Å². The molecule has 1 unspecified atom stereocenters. The van der Waals surface area contributed by atoms with Gasteiger partial charge in [-0.25, -0.2) is 0 Å². The van der Waals surface area contributed by atoms with Crippen molar-refractivity contribution in [3.63, 3.8) is 0 Å². The number of nitrogens with one attached hydrogen (secondary N) is 3. The second-order valence-electron chi connectivity index (χ2n) is 7.74. The van der Waals surface area contributed by atoms with Crippen LogP contribution in [-0.2, 0) is 0 Å². The van der Waals surface area contributed by atoms with Gasteiger partial charge in [-0.05, 0) is 44.2 Å². The van der Waals surface area contributed by atoms with Gasteiger partial charge in [-0.15, -0.1) is 0 Å². The average Bonchev–Trinajstić information content (AvgIpc) is 2.77. The lowest BCUT2D eigenvalue weighted by molar-refractivity contribution is 0.448. The van der Waals surface area contributed by atoms with E-state index in [1.165, 1.54) is 0 Å². The SMILES string of the molecule is CC1=NN(C)C2=CC=c3ccc4c(c3N2)NC(=CC=4)N(C)N=C(C)C2C=CC=C1N2. The Labute approximate surface area is 175 Å². The van der Waals surface area contributed by atoms with E-state index in [0.29, 0.717) is 0 Å². The zero-order valence-corrected chi connectivity index (χ0v) is 17.6. The first kappa shape index (κ1) is 18.3. The molecule has 5 rings (SSSR count). The molecule has 4 aliphatic rings. The van der Waals surface area contributed by atoms with E-state index in [1.807, 2.05) is 44.0 Å². The summed E-state index contributed by atoms with van der Waals surface area (Å²) < 4.78 is 0. The third-order valence-corrected chi connectivity index (χ3v) is 5.64. The van der Waals surface area contributed by atoms with E-state index >= 15 is 0 Å². The molecule has 3 N–H and O–H groups in total. The molecule has 152 valence electrons. The molecule has 0 aromatic heterocycles. The van der Waals surface area contributed by atoms with Gasteiger partial charge in [0.05, 0.1) is 34.5 Å². The summed E-state index contributed by atoms with van der Waals surface area (Å²) in [6.45, 7) is 4.05. The lowest BCUT2D eigenvalue weighted by atomic mass is 10.1. The van der Waals surface area contributed by atoms with E-state index in [9.17, 15) is 0 Å². The van der Waals surface area contributed by atoms with Crippen LogP contribution >= 0.6 is 0 Å². The number of hydrazone groups is 2. The molecule has 30 heavy (non-hydrogen) atoms. The number of anilines is 2. The largest absolute Gasteiger partial charge is 0.372 e. The van der Waals surface area contributed by atoms with Crippen LogP contribution in [0.5, 0.6) is 0 Å². The second kappa shape index (κ2) is 6.95. The molecule has 0 saturated carbocycles. The lowest BCUT2D eigenvalue weighted by Gasteiger charge is -2.27. The van der Waals surface area contributed by atoms with Crippen LogP contribution in [0.4, 0.5) is 11.4 Å². The lowest BCUT2D eigenvalue weighted by Crippen LogP contribution is -2.38. The minimum absolute atomic E-state index is 0.00723. The Morgan fingerprint density at radius 3 is 2.03 bits per heavy atom. The highest BCUT2D eigenvalue weighted by atomic mass is 15.5. The van der Waals surface area contributed by atoms with Gasteiger partial charge in [0.2, 0.25) is 0 Å². The smallest absolute Gasteiger partial charge is 0.126 e. The Bertz CT molecular complexity index is 1230. The summed E-state index contributed by atoms with van der Waals surface area (Å²) in [5.41, 5.74) is 4.93. The van der Waals surface area contributed by atoms with E-state index in [-0.39, 0.29) is 6.04 Å². The monoisotopic (exact) mass is 399 g/mol. The fourth-order valence-electron chi connectivity index (χ4n) is 3.92. The first-order valence-electron chi connectivity index (χ1n) is 10.0. The molecule has 0 radical (unpaired) electrons. The maximum atomic E-state index is 4.82. The van der Waals surface area contributed by atoms with Gasteiger partial charge in [-0.2, -0.15) is 10.2 Å². The van der Waals surface area contributed by atoms with Crippen molar-refractivity contribution < 1.29 is 0 Å². The van der Waals surface area contributed by atoms with E-state index < -0.39 is 0 Å². The maximum absolute atomic E-state index is 4.82. The zero-order valence-electron chi connectivity index (χ0n) is 17.6. The summed E-state index contributed by atoms with van der Waals surface area (Å²) in [6.07, 6.45) is 14.5. The van der Waals surface area contributed by atoms with E-state index in [2.05, 4.69) is 64.5 Å². The van der Waals surface area contributed by atoms with Crippen LogP contribution in [0.3, 0.4) is 0 Å². The number of rotatable bonds is 0. The van der Waals surface area contributed by atoms with Crippen molar-refractivity contribution in [2.75, 3.05) is 24.7 Å². The molecule has 0 aliphatic carbocycles. The molecule has 1 atom stereocenters. The maximum Gasteiger partial charge on any atom is 0.126 e. The van der Waals surface area contributed by atoms with Crippen molar-refractivity contribution in [1.29, 1.82) is 0 Å². The summed E-state index contributed by atoms with van der Waals surface area (Å²) >= 11 is 0. The van der Waals surface area contributed by atoms with Gasteiger partial charge < -0.3 is 16.0 Å². The summed E-state index contributed by atoms with van der Waals surface area (Å²) in [6, 6.07) is 4.27. The Morgan fingerprint density at radius 2 is 1.40 bits per heavy atom. The first-order valence-corrected chi connectivity index (χ1v) is 10.0. The van der Waals surface area contributed by atoms with Crippen molar-refractivity contribution in [2.45, 2.75) is 19.9 Å². The molecule has 0 amide bonds. The van der Waals surface area contributed by atoms with Crippen molar-refractivity contribution in [2.24, 2.45) is 10.2 Å². The van der Waals surface area contributed by atoms with E-state index in [4.69, 9.17) is 10.2 Å². The molecule has 7 nitrogen and oxygen atoms in total. The number of hydrogen-bond donors (Lipinski definition) is 3. The minimum Gasteiger partial charge on any atom is -0.372 e. The summed E-state index contributed by atoms with van der Waals surface area (Å²) in [5.74, 6) is 1.83. The second-order valence-corrected chi connectivity index (χ2v) is 7.74. The molecule has 4 aliphatic heterocycles. The van der Waals surface area contributed by atoms with Crippen LogP contribution in [0.15, 0.2) is 70.1 Å². The van der Waals surface area contributed by atoms with Gasteiger partial charge in [0.15, 0.2) is 0 Å². The Kier molecular flexibility index (Phi) is 4.24. The Balaban J connectivity index is 1.67. The molecule has 1 aromatic carbocycles. The number of dihydropyridines is 1. The molecule has 0 saturated heterocycles. The fraction of sp³-hybridized carbons (Fsp3) is 0.217. The van der Waals surface area contributed by atoms with Crippen molar-refractivity contribution in [3.05, 3.63) is 70.3 Å². The van der Waals surface area contributed by atoms with E-state index in [0.717, 1.165) is 50.6 Å². The zero-order chi connectivity index (χ0) is 20.8. The molecule has 1 aromatic rings. The number of hydrogen-bond acceptors (Lipinski definition) is 7. The molecule has 6 bridgehead atoms. The molecule has 0 spiro atoms. The highest BCUT2D eigenvalue weighted by Crippen LogP contribution is 2.24. The quantitative estimate of drug-likeness (QED) is 0.621. The van der Waals surface area contributed by atoms with Crippen molar-refractivity contribution in [1.82, 2.24) is 15.3 Å². The summed E-state index contributed by atoms with van der Waals surface area (Å²) in [5, 5.41) is 26.3. The van der Waals surface area contributed by atoms with Gasteiger partial charge in [0.1, 0.15) is 11.6 Å². The van der Waals surface area contributed by atoms with E-state index in [1.54, 1.807) is 0 Å². The normalized spacial score (nSPS) is 21.7. The third-order valence-electron chi connectivity index (χ3n) is 5.64. The topological polar surface area (TPSA) is 67.3 Å². The number of fused-ring (bicyclic) bond motifs is 4. The predicted octanol–water partition coefficient (Wildman–Crippen LogP) is 1.82. The van der Waals surface area contributed by atoms with Gasteiger partial charge in [0.25, 0.3) is 0 Å². The molecular weight excluding hydrogens is 374 g/mol. The summed E-state index contributed by atoms with van der Waals surface area (Å²) in [4.78, 5) is 0. The number of nitrogens with zero attached hydrogens (tertiary/aromatic N) is 4. The molecular formula is C23H25N7. The van der Waals surface area contributed by atoms with Gasteiger partial charge >= 0.3 is 0 Å². The average molecular weight is 400 g/mol. The van der Waals surface area contributed by atoms with Crippen LogP contribution in [0.25, 0.3) is 12.2 Å². The van der Waals surface area contributed by atoms with Crippen LogP contribution in [0.1, 0.15) is 13.8 Å². The summed E-state index contributed by atoms with van der Waals surface area (Å²) in [7, 11) is 3.92. The highest BCUT2D eigenvalue weighted by molar-refractivity contribution is 6.00. The van der Waals surface area contributed by atoms with Crippen LogP contribution in [0, 0.1) is 0 Å². The van der Waals surface area contributed by atoms with Crippen LogP contribution < -0.4 is 26.4 Å². The Morgan fingerprint density at radius 1 is 0.800 bits per heavy atom. The number of allylic oxidation sites excluding steroid dienone is 5. The third kappa shape index (κ3) is 3.08. The van der Waals surface area contributed by atoms with Crippen molar-refractivity contribution >= 4 is 35.0 Å². The van der Waals surface area contributed by atoms with Crippen LogP contribution in [0.2, 0.25) is 0 Å². The highest BCUT2D eigenvalue weighted by Gasteiger charge is 2.20. The molecule has 4 heterocycles. The fourth-order valence-corrected chi connectivity index (χ4v) is 3.92. The number of benzene rings is 1. The molecule has 7 heteroatoms. The minimum atomic E-state index is 0.00723. The van der Waals surface area contributed by atoms with Crippen LogP contribution in [-0.4, -0.2) is 41.6 Å².